The molecule has 0 saturated carbocycles. The number of phenolic OH excluding ortho intramolecular Hbond substituents is 1. The number of nitrogens with zero attached hydrogens (tertiary/aromatic N) is 1. The molecule has 0 aliphatic heterocycles. The maximum absolute atomic E-state index is 12.6. The number of esters is 1. The molecule has 2 rings (SSSR count). The average molecular weight is 327 g/mol. The van der Waals surface area contributed by atoms with Gasteiger partial charge in [-0.15, -0.1) is 0 Å². The number of carbonyl (C=O) groups excluding carboxylic acids is 2. The minimum Gasteiger partial charge on any atom is -0.507 e. The number of ether oxygens (including phenoxy) is 1. The SMILES string of the molecule is CCN(C(=O)[C@H](C)OC(=O)c1cc(C)ccc1O)c1ccccc1. The summed E-state index contributed by atoms with van der Waals surface area (Å²) in [6.07, 6.45) is -0.961. The van der Waals surface area contributed by atoms with Crippen molar-refractivity contribution in [3.05, 3.63) is 59.7 Å². The number of para-hydroxylation sites is 1. The molecule has 0 unspecified atom stereocenters. The van der Waals surface area contributed by atoms with Gasteiger partial charge in [-0.2, -0.15) is 0 Å². The van der Waals surface area contributed by atoms with Gasteiger partial charge in [-0.25, -0.2) is 4.79 Å². The normalized spacial score (nSPS) is 11.6. The summed E-state index contributed by atoms with van der Waals surface area (Å²) < 4.78 is 5.25. The van der Waals surface area contributed by atoms with E-state index in [1.54, 1.807) is 17.9 Å². The molecule has 0 saturated heterocycles. The highest BCUT2D eigenvalue weighted by atomic mass is 16.5. The van der Waals surface area contributed by atoms with Gasteiger partial charge in [0.2, 0.25) is 0 Å². The number of aromatic hydroxyl groups is 1. The molecular formula is C19H21NO4. The molecule has 0 bridgehead atoms. The molecule has 1 amide bonds. The topological polar surface area (TPSA) is 66.8 Å². The van der Waals surface area contributed by atoms with Crippen LogP contribution >= 0.6 is 0 Å². The van der Waals surface area contributed by atoms with Crippen LogP contribution in [-0.2, 0) is 9.53 Å². The van der Waals surface area contributed by atoms with Gasteiger partial charge in [0.1, 0.15) is 11.3 Å². The molecule has 0 heterocycles. The predicted molar refractivity (Wildman–Crippen MR) is 92.2 cm³/mol. The summed E-state index contributed by atoms with van der Waals surface area (Å²) in [5.41, 5.74) is 1.61. The molecule has 0 radical (unpaired) electrons. The lowest BCUT2D eigenvalue weighted by molar-refractivity contribution is -0.126. The second-order valence-corrected chi connectivity index (χ2v) is 5.49. The van der Waals surface area contributed by atoms with Gasteiger partial charge in [-0.1, -0.05) is 29.8 Å². The van der Waals surface area contributed by atoms with Crippen LogP contribution < -0.4 is 4.90 Å². The maximum Gasteiger partial charge on any atom is 0.342 e. The second-order valence-electron chi connectivity index (χ2n) is 5.49. The van der Waals surface area contributed by atoms with Gasteiger partial charge in [0.05, 0.1) is 0 Å². The molecule has 5 nitrogen and oxygen atoms in total. The predicted octanol–water partition coefficient (Wildman–Crippen LogP) is 3.30. The molecule has 0 aromatic heterocycles. The summed E-state index contributed by atoms with van der Waals surface area (Å²) >= 11 is 0. The van der Waals surface area contributed by atoms with E-state index in [0.29, 0.717) is 6.54 Å². The number of carbonyl (C=O) groups is 2. The standard InChI is InChI=1S/C19H21NO4/c1-4-20(15-8-6-5-7-9-15)18(22)14(3)24-19(23)16-12-13(2)10-11-17(16)21/h5-12,14,21H,4H2,1-3H3/t14-/m0/s1. The molecule has 24 heavy (non-hydrogen) atoms. The Kier molecular flexibility index (Phi) is 5.58. The van der Waals surface area contributed by atoms with Crippen molar-refractivity contribution in [1.82, 2.24) is 0 Å². The largest absolute Gasteiger partial charge is 0.507 e. The van der Waals surface area contributed by atoms with Crippen molar-refractivity contribution >= 4 is 17.6 Å². The van der Waals surface area contributed by atoms with Crippen LogP contribution in [0.4, 0.5) is 5.69 Å². The monoisotopic (exact) mass is 327 g/mol. The number of phenols is 1. The molecule has 0 spiro atoms. The van der Waals surface area contributed by atoms with E-state index in [-0.39, 0.29) is 17.2 Å². The number of likely N-dealkylation sites (N-methyl/N-ethyl adjacent to an activating group) is 1. The Morgan fingerprint density at radius 3 is 2.46 bits per heavy atom. The van der Waals surface area contributed by atoms with E-state index < -0.39 is 12.1 Å². The molecule has 126 valence electrons. The van der Waals surface area contributed by atoms with Crippen molar-refractivity contribution in [1.29, 1.82) is 0 Å². The van der Waals surface area contributed by atoms with Gasteiger partial charge in [0.15, 0.2) is 6.10 Å². The molecule has 2 aromatic rings. The Morgan fingerprint density at radius 1 is 1.17 bits per heavy atom. The van der Waals surface area contributed by atoms with Crippen molar-refractivity contribution in [3.8, 4) is 5.75 Å². The first kappa shape index (κ1) is 17.5. The van der Waals surface area contributed by atoms with Crippen molar-refractivity contribution < 1.29 is 19.4 Å². The highest BCUT2D eigenvalue weighted by molar-refractivity contribution is 5.99. The van der Waals surface area contributed by atoms with Gasteiger partial charge in [-0.05, 0) is 45.0 Å². The Morgan fingerprint density at radius 2 is 1.83 bits per heavy atom. The Hall–Kier alpha value is -2.82. The smallest absolute Gasteiger partial charge is 0.342 e. The average Bonchev–Trinajstić information content (AvgIpc) is 2.58. The summed E-state index contributed by atoms with van der Waals surface area (Å²) in [6.45, 7) is 5.64. The van der Waals surface area contributed by atoms with Crippen molar-refractivity contribution in [2.45, 2.75) is 26.9 Å². The number of amides is 1. The Bertz CT molecular complexity index is 727. The zero-order chi connectivity index (χ0) is 17.7. The van der Waals surface area contributed by atoms with Crippen LogP contribution in [0.1, 0.15) is 29.8 Å². The van der Waals surface area contributed by atoms with Crippen LogP contribution in [0.5, 0.6) is 5.75 Å². The van der Waals surface area contributed by atoms with Gasteiger partial charge in [0.25, 0.3) is 5.91 Å². The summed E-state index contributed by atoms with van der Waals surface area (Å²) in [5, 5.41) is 9.79. The van der Waals surface area contributed by atoms with Gasteiger partial charge < -0.3 is 14.7 Å². The molecule has 2 aromatic carbocycles. The minimum absolute atomic E-state index is 0.0532. The molecule has 0 aliphatic rings. The molecular weight excluding hydrogens is 306 g/mol. The zero-order valence-corrected chi connectivity index (χ0v) is 14.0. The van der Waals surface area contributed by atoms with E-state index >= 15 is 0 Å². The van der Waals surface area contributed by atoms with Crippen LogP contribution in [0, 0.1) is 6.92 Å². The van der Waals surface area contributed by atoms with E-state index in [1.165, 1.54) is 19.1 Å². The van der Waals surface area contributed by atoms with Crippen LogP contribution in [0.15, 0.2) is 48.5 Å². The Labute approximate surface area is 141 Å². The first-order valence-electron chi connectivity index (χ1n) is 7.81. The zero-order valence-electron chi connectivity index (χ0n) is 14.0. The first-order chi connectivity index (χ1) is 11.4. The van der Waals surface area contributed by atoms with E-state index in [4.69, 9.17) is 4.74 Å². The van der Waals surface area contributed by atoms with E-state index in [0.717, 1.165) is 11.3 Å². The quantitative estimate of drug-likeness (QED) is 0.856. The lowest BCUT2D eigenvalue weighted by Crippen LogP contribution is -2.40. The fourth-order valence-electron chi connectivity index (χ4n) is 2.38. The van der Waals surface area contributed by atoms with Gasteiger partial charge in [-0.3, -0.25) is 4.79 Å². The Balaban J connectivity index is 2.13. The van der Waals surface area contributed by atoms with Gasteiger partial charge in [0, 0.05) is 12.2 Å². The summed E-state index contributed by atoms with van der Waals surface area (Å²) in [7, 11) is 0. The fourth-order valence-corrected chi connectivity index (χ4v) is 2.38. The van der Waals surface area contributed by atoms with Crippen LogP contribution in [0.2, 0.25) is 0 Å². The summed E-state index contributed by atoms with van der Waals surface area (Å²) in [6, 6.07) is 13.8. The minimum atomic E-state index is -0.961. The third-order valence-electron chi connectivity index (χ3n) is 3.65. The molecule has 1 N–H and O–H groups in total. The molecule has 1 atom stereocenters. The van der Waals surface area contributed by atoms with Crippen molar-refractivity contribution in [2.24, 2.45) is 0 Å². The van der Waals surface area contributed by atoms with E-state index in [1.807, 2.05) is 37.3 Å². The number of rotatable bonds is 5. The maximum atomic E-state index is 12.6. The molecule has 0 aliphatic carbocycles. The van der Waals surface area contributed by atoms with Gasteiger partial charge >= 0.3 is 5.97 Å². The highest BCUT2D eigenvalue weighted by Crippen LogP contribution is 2.21. The number of hydrogen-bond acceptors (Lipinski definition) is 4. The second kappa shape index (κ2) is 7.64. The number of aryl methyl sites for hydroxylation is 1. The molecule has 5 heteroatoms. The highest BCUT2D eigenvalue weighted by Gasteiger charge is 2.25. The number of anilines is 1. The summed E-state index contributed by atoms with van der Waals surface area (Å²) in [5.74, 6) is -1.20. The lowest BCUT2D eigenvalue weighted by atomic mass is 10.1. The number of hydrogen-bond donors (Lipinski definition) is 1. The molecule has 0 fully saturated rings. The van der Waals surface area contributed by atoms with Crippen molar-refractivity contribution in [3.63, 3.8) is 0 Å². The fraction of sp³-hybridized carbons (Fsp3) is 0.263. The number of benzene rings is 2. The van der Waals surface area contributed by atoms with Crippen molar-refractivity contribution in [2.75, 3.05) is 11.4 Å². The van der Waals surface area contributed by atoms with Crippen LogP contribution in [0.25, 0.3) is 0 Å². The summed E-state index contributed by atoms with van der Waals surface area (Å²) in [4.78, 5) is 26.4. The van der Waals surface area contributed by atoms with E-state index in [9.17, 15) is 14.7 Å². The van der Waals surface area contributed by atoms with Crippen LogP contribution in [0.3, 0.4) is 0 Å². The van der Waals surface area contributed by atoms with E-state index in [2.05, 4.69) is 0 Å². The third kappa shape index (κ3) is 3.93. The lowest BCUT2D eigenvalue weighted by Gasteiger charge is -2.24. The van der Waals surface area contributed by atoms with Crippen LogP contribution in [-0.4, -0.2) is 29.6 Å². The third-order valence-corrected chi connectivity index (χ3v) is 3.65. The first-order valence-corrected chi connectivity index (χ1v) is 7.81.